The topological polar surface area (TPSA) is 26.3 Å². The Morgan fingerprint density at radius 2 is 2.14 bits per heavy atom. The van der Waals surface area contributed by atoms with Crippen LogP contribution in [0.2, 0.25) is 5.02 Å². The molecule has 0 atom stereocenters. The van der Waals surface area contributed by atoms with Crippen molar-refractivity contribution in [1.82, 2.24) is 0 Å². The zero-order valence-electron chi connectivity index (χ0n) is 8.56. The van der Waals surface area contributed by atoms with Gasteiger partial charge in [-0.1, -0.05) is 17.7 Å². The van der Waals surface area contributed by atoms with Gasteiger partial charge in [0.2, 0.25) is 0 Å². The van der Waals surface area contributed by atoms with Gasteiger partial charge in [-0.2, -0.15) is 0 Å². The fraction of sp³-hybridized carbons (Fsp3) is 0.364. The number of carbonyl (C=O) groups is 1. The average molecular weight is 213 g/mol. The van der Waals surface area contributed by atoms with Crippen molar-refractivity contribution in [2.75, 3.05) is 6.61 Å². The molecule has 0 unspecified atom stereocenters. The zero-order chi connectivity index (χ0) is 10.7. The maximum atomic E-state index is 11.3. The van der Waals surface area contributed by atoms with E-state index < -0.39 is 0 Å². The number of rotatable bonds is 3. The molecule has 76 valence electrons. The molecule has 1 aromatic rings. The molecule has 14 heavy (non-hydrogen) atoms. The summed E-state index contributed by atoms with van der Waals surface area (Å²) in [5, 5.41) is 0.527. The first kappa shape index (κ1) is 11.1. The minimum atomic E-state index is -0.0321. The lowest BCUT2D eigenvalue weighted by Crippen LogP contribution is -2.02. The van der Waals surface area contributed by atoms with Crippen LogP contribution in [-0.2, 0) is 0 Å². The number of benzene rings is 1. The summed E-state index contributed by atoms with van der Waals surface area (Å²) in [5.41, 5.74) is 1.46. The molecule has 1 rings (SSSR count). The van der Waals surface area contributed by atoms with Gasteiger partial charge in [-0.15, -0.1) is 0 Å². The molecule has 0 spiro atoms. The Labute approximate surface area is 88.8 Å². The number of halogens is 1. The highest BCUT2D eigenvalue weighted by Crippen LogP contribution is 2.32. The van der Waals surface area contributed by atoms with Gasteiger partial charge in [0, 0.05) is 0 Å². The molecule has 2 nitrogen and oxygen atoms in total. The van der Waals surface area contributed by atoms with Gasteiger partial charge in [0.25, 0.3) is 0 Å². The van der Waals surface area contributed by atoms with Crippen LogP contribution in [0.25, 0.3) is 0 Å². The highest BCUT2D eigenvalue weighted by atomic mass is 35.5. The molecule has 0 N–H and O–H groups in total. The Balaban J connectivity index is 3.29. The second-order valence-electron chi connectivity index (χ2n) is 3.06. The summed E-state index contributed by atoms with van der Waals surface area (Å²) >= 11 is 6.04. The molecule has 0 amide bonds. The Morgan fingerprint density at radius 1 is 1.50 bits per heavy atom. The van der Waals surface area contributed by atoms with E-state index in [1.165, 1.54) is 6.92 Å². The zero-order valence-corrected chi connectivity index (χ0v) is 9.31. The van der Waals surface area contributed by atoms with Crippen LogP contribution >= 0.6 is 11.6 Å². The molecule has 3 heteroatoms. The monoisotopic (exact) mass is 212 g/mol. The molecule has 0 saturated carbocycles. The van der Waals surface area contributed by atoms with Gasteiger partial charge in [0.05, 0.1) is 17.2 Å². The maximum Gasteiger partial charge on any atom is 0.163 e. The molecule has 0 aliphatic rings. The molecule has 0 saturated heterocycles. The largest absolute Gasteiger partial charge is 0.492 e. The lowest BCUT2D eigenvalue weighted by Gasteiger charge is -2.11. The summed E-state index contributed by atoms with van der Waals surface area (Å²) in [5.74, 6) is 0.469. The van der Waals surface area contributed by atoms with Crippen LogP contribution < -0.4 is 4.74 Å². The minimum Gasteiger partial charge on any atom is -0.492 e. The van der Waals surface area contributed by atoms with Crippen molar-refractivity contribution in [3.63, 3.8) is 0 Å². The lowest BCUT2D eigenvalue weighted by molar-refractivity contribution is 0.101. The van der Waals surface area contributed by atoms with Crippen LogP contribution in [0.15, 0.2) is 12.1 Å². The molecular formula is C11H13ClO2. The van der Waals surface area contributed by atoms with Gasteiger partial charge in [-0.25, -0.2) is 0 Å². The molecule has 0 bridgehead atoms. The van der Waals surface area contributed by atoms with E-state index in [2.05, 4.69) is 0 Å². The minimum absolute atomic E-state index is 0.0321. The predicted molar refractivity (Wildman–Crippen MR) is 57.4 cm³/mol. The third kappa shape index (κ3) is 2.07. The molecular weight excluding hydrogens is 200 g/mol. The van der Waals surface area contributed by atoms with Crippen LogP contribution in [0.5, 0.6) is 5.75 Å². The smallest absolute Gasteiger partial charge is 0.163 e. The van der Waals surface area contributed by atoms with Gasteiger partial charge < -0.3 is 4.74 Å². The fourth-order valence-corrected chi connectivity index (χ4v) is 1.44. The van der Waals surface area contributed by atoms with Crippen LogP contribution in [0.4, 0.5) is 0 Å². The van der Waals surface area contributed by atoms with Crippen LogP contribution in [0.1, 0.15) is 29.8 Å². The molecule has 0 heterocycles. The van der Waals surface area contributed by atoms with Crippen molar-refractivity contribution in [2.45, 2.75) is 20.8 Å². The molecule has 0 aliphatic carbocycles. The first-order valence-electron chi connectivity index (χ1n) is 4.50. The van der Waals surface area contributed by atoms with Crippen molar-refractivity contribution in [1.29, 1.82) is 0 Å². The van der Waals surface area contributed by atoms with Gasteiger partial charge in [0.1, 0.15) is 5.75 Å². The molecule has 0 aromatic heterocycles. The number of carbonyl (C=O) groups excluding carboxylic acids is 1. The Hall–Kier alpha value is -1.02. The number of aryl methyl sites for hydroxylation is 1. The third-order valence-corrected chi connectivity index (χ3v) is 2.43. The first-order valence-corrected chi connectivity index (χ1v) is 4.88. The number of ketones is 1. The van der Waals surface area contributed by atoms with E-state index in [-0.39, 0.29) is 5.78 Å². The first-order chi connectivity index (χ1) is 6.57. The highest BCUT2D eigenvalue weighted by Gasteiger charge is 2.13. The van der Waals surface area contributed by atoms with Crippen LogP contribution in [0, 0.1) is 6.92 Å². The SMILES string of the molecule is CCOc1c(C(C)=O)ccc(C)c1Cl. The van der Waals surface area contributed by atoms with E-state index in [9.17, 15) is 4.79 Å². The Kier molecular flexibility index (Phi) is 3.53. The highest BCUT2D eigenvalue weighted by molar-refractivity contribution is 6.33. The van der Waals surface area contributed by atoms with E-state index in [1.807, 2.05) is 19.9 Å². The summed E-state index contributed by atoms with van der Waals surface area (Å²) in [6, 6.07) is 3.57. The van der Waals surface area contributed by atoms with E-state index >= 15 is 0 Å². The van der Waals surface area contributed by atoms with Crippen LogP contribution in [-0.4, -0.2) is 12.4 Å². The Morgan fingerprint density at radius 3 is 2.64 bits per heavy atom. The van der Waals surface area contributed by atoms with Gasteiger partial charge in [-0.05, 0) is 32.4 Å². The summed E-state index contributed by atoms with van der Waals surface area (Å²) in [7, 11) is 0. The van der Waals surface area contributed by atoms with Gasteiger partial charge in [-0.3, -0.25) is 4.79 Å². The van der Waals surface area contributed by atoms with E-state index in [4.69, 9.17) is 16.3 Å². The Bertz CT molecular complexity index is 359. The summed E-state index contributed by atoms with van der Waals surface area (Å²) in [6.45, 7) is 5.75. The number of Topliss-reactive ketones (excluding diaryl/α,β-unsaturated/α-hetero) is 1. The van der Waals surface area contributed by atoms with E-state index in [0.29, 0.717) is 22.9 Å². The summed E-state index contributed by atoms with van der Waals surface area (Å²) < 4.78 is 5.36. The summed E-state index contributed by atoms with van der Waals surface area (Å²) in [6.07, 6.45) is 0. The maximum absolute atomic E-state index is 11.3. The normalized spacial score (nSPS) is 10.0. The van der Waals surface area contributed by atoms with Crippen molar-refractivity contribution in [3.05, 3.63) is 28.3 Å². The quantitative estimate of drug-likeness (QED) is 0.719. The molecule has 0 aliphatic heterocycles. The van der Waals surface area contributed by atoms with Crippen molar-refractivity contribution in [2.24, 2.45) is 0 Å². The van der Waals surface area contributed by atoms with E-state index in [0.717, 1.165) is 5.56 Å². The second kappa shape index (κ2) is 4.47. The fourth-order valence-electron chi connectivity index (χ4n) is 1.22. The van der Waals surface area contributed by atoms with Crippen molar-refractivity contribution in [3.8, 4) is 5.75 Å². The molecule has 1 aromatic carbocycles. The summed E-state index contributed by atoms with van der Waals surface area (Å²) in [4.78, 5) is 11.3. The third-order valence-electron chi connectivity index (χ3n) is 1.96. The van der Waals surface area contributed by atoms with Crippen molar-refractivity contribution >= 4 is 17.4 Å². The number of ether oxygens (including phenoxy) is 1. The van der Waals surface area contributed by atoms with Gasteiger partial charge in [0.15, 0.2) is 5.78 Å². The molecule has 0 radical (unpaired) electrons. The predicted octanol–water partition coefficient (Wildman–Crippen LogP) is 3.25. The standard InChI is InChI=1S/C11H13ClO2/c1-4-14-11-9(8(3)13)6-5-7(2)10(11)12/h5-6H,4H2,1-3H3. The van der Waals surface area contributed by atoms with Gasteiger partial charge >= 0.3 is 0 Å². The van der Waals surface area contributed by atoms with E-state index in [1.54, 1.807) is 6.07 Å². The second-order valence-corrected chi connectivity index (χ2v) is 3.44. The molecule has 0 fully saturated rings. The number of hydrogen-bond donors (Lipinski definition) is 0. The average Bonchev–Trinajstić information content (AvgIpc) is 2.13. The van der Waals surface area contributed by atoms with Crippen molar-refractivity contribution < 1.29 is 9.53 Å². The van der Waals surface area contributed by atoms with Crippen LogP contribution in [0.3, 0.4) is 0 Å². The lowest BCUT2D eigenvalue weighted by atomic mass is 10.1. The number of hydrogen-bond acceptors (Lipinski definition) is 2.